The van der Waals surface area contributed by atoms with Crippen molar-refractivity contribution in [2.75, 3.05) is 5.32 Å². The summed E-state index contributed by atoms with van der Waals surface area (Å²) in [6.45, 7) is 1.75. The van der Waals surface area contributed by atoms with E-state index in [1.807, 2.05) is 6.07 Å². The quantitative estimate of drug-likeness (QED) is 0.899. The van der Waals surface area contributed by atoms with Crippen LogP contribution in [0.15, 0.2) is 30.6 Å². The summed E-state index contributed by atoms with van der Waals surface area (Å²) < 4.78 is 13.2. The second kappa shape index (κ2) is 4.37. The van der Waals surface area contributed by atoms with E-state index in [2.05, 4.69) is 15.3 Å². The van der Waals surface area contributed by atoms with Gasteiger partial charge in [0.05, 0.1) is 5.69 Å². The van der Waals surface area contributed by atoms with Crippen molar-refractivity contribution in [2.45, 2.75) is 25.8 Å². The lowest BCUT2D eigenvalue weighted by Crippen LogP contribution is -2.03. The van der Waals surface area contributed by atoms with Crippen molar-refractivity contribution in [3.8, 4) is 11.3 Å². The van der Waals surface area contributed by atoms with Crippen molar-refractivity contribution in [3.63, 3.8) is 0 Å². The molecule has 0 bridgehead atoms. The molecule has 0 saturated heterocycles. The fraction of sp³-hybridized carbons (Fsp3) is 0.286. The molecule has 1 aromatic carbocycles. The van der Waals surface area contributed by atoms with Gasteiger partial charge in [-0.15, -0.1) is 0 Å². The second-order valence-corrected chi connectivity index (χ2v) is 4.67. The molecular formula is C14H14FN3. The number of aromatic nitrogens is 2. The van der Waals surface area contributed by atoms with Crippen molar-refractivity contribution in [3.05, 3.63) is 42.0 Å². The van der Waals surface area contributed by atoms with Crippen LogP contribution in [0.4, 0.5) is 10.2 Å². The van der Waals surface area contributed by atoms with Crippen molar-refractivity contribution >= 4 is 5.82 Å². The van der Waals surface area contributed by atoms with E-state index in [-0.39, 0.29) is 5.82 Å². The van der Waals surface area contributed by atoms with E-state index in [1.165, 1.54) is 18.9 Å². The van der Waals surface area contributed by atoms with Crippen molar-refractivity contribution in [2.24, 2.45) is 0 Å². The Morgan fingerprint density at radius 3 is 2.78 bits per heavy atom. The van der Waals surface area contributed by atoms with Crippen LogP contribution in [-0.4, -0.2) is 16.0 Å². The average molecular weight is 243 g/mol. The van der Waals surface area contributed by atoms with E-state index in [0.717, 1.165) is 17.1 Å². The maximum atomic E-state index is 13.2. The minimum absolute atomic E-state index is 0.191. The van der Waals surface area contributed by atoms with Crippen LogP contribution in [-0.2, 0) is 0 Å². The normalized spacial score (nSPS) is 14.6. The third-order valence-corrected chi connectivity index (χ3v) is 3.05. The Labute approximate surface area is 105 Å². The van der Waals surface area contributed by atoms with Gasteiger partial charge in [0.15, 0.2) is 0 Å². The Kier molecular flexibility index (Phi) is 2.70. The first kappa shape index (κ1) is 11.1. The summed E-state index contributed by atoms with van der Waals surface area (Å²) in [5.74, 6) is 0.647. The summed E-state index contributed by atoms with van der Waals surface area (Å²) in [6.07, 6.45) is 3.95. The number of anilines is 1. The molecular weight excluding hydrogens is 229 g/mol. The number of halogens is 1. The van der Waals surface area contributed by atoms with Gasteiger partial charge >= 0.3 is 0 Å². The SMILES string of the molecule is Cc1cc(-c2cc(NC3CC3)ncn2)ccc1F. The topological polar surface area (TPSA) is 37.8 Å². The number of hydrogen-bond donors (Lipinski definition) is 1. The molecule has 1 fully saturated rings. The molecule has 0 amide bonds. The molecule has 0 aliphatic heterocycles. The van der Waals surface area contributed by atoms with Gasteiger partial charge < -0.3 is 5.32 Å². The van der Waals surface area contributed by atoms with Crippen LogP contribution in [0.1, 0.15) is 18.4 Å². The van der Waals surface area contributed by atoms with E-state index in [0.29, 0.717) is 11.6 Å². The maximum absolute atomic E-state index is 13.2. The molecule has 1 saturated carbocycles. The zero-order valence-electron chi connectivity index (χ0n) is 10.2. The summed E-state index contributed by atoms with van der Waals surface area (Å²) in [7, 11) is 0. The lowest BCUT2D eigenvalue weighted by molar-refractivity contribution is 0.619. The maximum Gasteiger partial charge on any atom is 0.130 e. The second-order valence-electron chi connectivity index (χ2n) is 4.67. The Bertz CT molecular complexity index is 579. The lowest BCUT2D eigenvalue weighted by Gasteiger charge is -2.06. The summed E-state index contributed by atoms with van der Waals surface area (Å²) in [5, 5.41) is 3.33. The van der Waals surface area contributed by atoms with Gasteiger partial charge in [0, 0.05) is 17.7 Å². The zero-order chi connectivity index (χ0) is 12.5. The van der Waals surface area contributed by atoms with Gasteiger partial charge in [0.1, 0.15) is 18.0 Å². The number of benzene rings is 1. The number of nitrogens with one attached hydrogen (secondary N) is 1. The van der Waals surface area contributed by atoms with Gasteiger partial charge in [0.2, 0.25) is 0 Å². The molecule has 3 nitrogen and oxygen atoms in total. The first-order chi connectivity index (χ1) is 8.72. The fourth-order valence-electron chi connectivity index (χ4n) is 1.83. The smallest absolute Gasteiger partial charge is 0.130 e. The molecule has 0 unspecified atom stereocenters. The molecule has 18 heavy (non-hydrogen) atoms. The van der Waals surface area contributed by atoms with Gasteiger partial charge in [0.25, 0.3) is 0 Å². The first-order valence-electron chi connectivity index (χ1n) is 6.07. The van der Waals surface area contributed by atoms with E-state index < -0.39 is 0 Å². The highest BCUT2D eigenvalue weighted by Crippen LogP contribution is 2.26. The number of aryl methyl sites for hydroxylation is 1. The molecule has 2 aromatic rings. The van der Waals surface area contributed by atoms with E-state index in [1.54, 1.807) is 25.4 Å². The van der Waals surface area contributed by atoms with Crippen LogP contribution >= 0.6 is 0 Å². The van der Waals surface area contributed by atoms with Crippen LogP contribution in [0.5, 0.6) is 0 Å². The fourth-order valence-corrected chi connectivity index (χ4v) is 1.83. The third kappa shape index (κ3) is 2.32. The zero-order valence-corrected chi connectivity index (χ0v) is 10.2. The minimum Gasteiger partial charge on any atom is -0.367 e. The molecule has 1 aliphatic rings. The molecule has 1 heterocycles. The predicted octanol–water partition coefficient (Wildman–Crippen LogP) is 3.17. The molecule has 92 valence electrons. The number of nitrogens with zero attached hydrogens (tertiary/aromatic N) is 2. The van der Waals surface area contributed by atoms with Crippen LogP contribution in [0, 0.1) is 12.7 Å². The van der Waals surface area contributed by atoms with Gasteiger partial charge in [-0.3, -0.25) is 0 Å². The molecule has 1 N–H and O–H groups in total. The van der Waals surface area contributed by atoms with Crippen molar-refractivity contribution in [1.29, 1.82) is 0 Å². The van der Waals surface area contributed by atoms with Gasteiger partial charge in [-0.1, -0.05) is 0 Å². The van der Waals surface area contributed by atoms with Crippen molar-refractivity contribution in [1.82, 2.24) is 9.97 Å². The highest BCUT2D eigenvalue weighted by atomic mass is 19.1. The average Bonchev–Trinajstić information content (AvgIpc) is 3.17. The molecule has 0 spiro atoms. The molecule has 3 rings (SSSR count). The summed E-state index contributed by atoms with van der Waals surface area (Å²) in [6, 6.07) is 7.48. The van der Waals surface area contributed by atoms with Crippen molar-refractivity contribution < 1.29 is 4.39 Å². The molecule has 0 radical (unpaired) electrons. The van der Waals surface area contributed by atoms with E-state index >= 15 is 0 Å². The molecule has 1 aromatic heterocycles. The highest BCUT2D eigenvalue weighted by molar-refractivity contribution is 5.63. The van der Waals surface area contributed by atoms with E-state index in [4.69, 9.17) is 0 Å². The summed E-state index contributed by atoms with van der Waals surface area (Å²) >= 11 is 0. The van der Waals surface area contributed by atoms with Gasteiger partial charge in [-0.2, -0.15) is 0 Å². The van der Waals surface area contributed by atoms with Gasteiger partial charge in [-0.05, 0) is 43.5 Å². The summed E-state index contributed by atoms with van der Waals surface area (Å²) in [4.78, 5) is 8.42. The van der Waals surface area contributed by atoms with Crippen LogP contribution in [0.2, 0.25) is 0 Å². The van der Waals surface area contributed by atoms with Gasteiger partial charge in [-0.25, -0.2) is 14.4 Å². The highest BCUT2D eigenvalue weighted by Gasteiger charge is 2.21. The minimum atomic E-state index is -0.191. The Morgan fingerprint density at radius 1 is 1.22 bits per heavy atom. The monoisotopic (exact) mass is 243 g/mol. The Hall–Kier alpha value is -1.97. The largest absolute Gasteiger partial charge is 0.367 e. The lowest BCUT2D eigenvalue weighted by atomic mass is 10.1. The Balaban J connectivity index is 1.92. The number of hydrogen-bond acceptors (Lipinski definition) is 3. The molecule has 1 aliphatic carbocycles. The van der Waals surface area contributed by atoms with Crippen LogP contribution in [0.3, 0.4) is 0 Å². The summed E-state index contributed by atoms with van der Waals surface area (Å²) in [5.41, 5.74) is 2.36. The predicted molar refractivity (Wildman–Crippen MR) is 68.8 cm³/mol. The first-order valence-corrected chi connectivity index (χ1v) is 6.07. The molecule has 4 heteroatoms. The standard InChI is InChI=1S/C14H14FN3/c1-9-6-10(2-5-12(9)15)13-7-14(17-8-16-13)18-11-3-4-11/h2,5-8,11H,3-4H2,1H3,(H,16,17,18). The van der Waals surface area contributed by atoms with Crippen LogP contribution < -0.4 is 5.32 Å². The Morgan fingerprint density at radius 2 is 2.06 bits per heavy atom. The number of rotatable bonds is 3. The van der Waals surface area contributed by atoms with Crippen LogP contribution in [0.25, 0.3) is 11.3 Å². The third-order valence-electron chi connectivity index (χ3n) is 3.05. The molecule has 0 atom stereocenters. The van der Waals surface area contributed by atoms with E-state index in [9.17, 15) is 4.39 Å².